The highest BCUT2D eigenvalue weighted by Gasteiger charge is 1.86. The molecule has 0 aliphatic rings. The number of hydrogen-bond acceptors (Lipinski definition) is 3. The van der Waals surface area contributed by atoms with Gasteiger partial charge in [0.25, 0.3) is 0 Å². The van der Waals surface area contributed by atoms with Crippen LogP contribution in [-0.2, 0) is 14.4 Å². The molecular weight excluding hydrogens is 216 g/mol. The molecule has 3 heteroatoms. The minimum absolute atomic E-state index is 0.255. The molecule has 0 aromatic rings. The van der Waals surface area contributed by atoms with Gasteiger partial charge in [0.15, 0.2) is 0 Å². The van der Waals surface area contributed by atoms with Gasteiger partial charge in [-0.15, -0.1) is 0 Å². The molecule has 0 rings (SSSR count). The first-order valence-corrected chi connectivity index (χ1v) is 6.36. The summed E-state index contributed by atoms with van der Waals surface area (Å²) in [6, 6.07) is 0. The Kier molecular flexibility index (Phi) is 21.8. The number of rotatable bonds is 5. The standard InChI is InChI=1S/2C5H10O.C4H8O/c1-3-4-5(2)6;1-3-5(6)4-2;1-3-4(2)5/h2*3-4H2,1-2H3;3H2,1-2H3. The van der Waals surface area contributed by atoms with Crippen molar-refractivity contribution in [3.8, 4) is 0 Å². The molecular formula is C14H28O3. The van der Waals surface area contributed by atoms with E-state index in [1.54, 1.807) is 13.8 Å². The van der Waals surface area contributed by atoms with Crippen molar-refractivity contribution in [2.75, 3.05) is 0 Å². The molecule has 0 fully saturated rings. The number of carbonyl (C=O) groups is 3. The Morgan fingerprint density at radius 3 is 1.06 bits per heavy atom. The van der Waals surface area contributed by atoms with Crippen molar-refractivity contribution in [2.45, 2.75) is 73.6 Å². The Hall–Kier alpha value is -0.990. The SMILES string of the molecule is CCC(=O)CC.CCC(C)=O.CCCC(C)=O. The van der Waals surface area contributed by atoms with Crippen LogP contribution in [0.3, 0.4) is 0 Å². The van der Waals surface area contributed by atoms with E-state index in [9.17, 15) is 14.4 Å². The molecule has 0 aromatic carbocycles. The molecule has 3 nitrogen and oxygen atoms in total. The van der Waals surface area contributed by atoms with Crippen molar-refractivity contribution in [3.05, 3.63) is 0 Å². The summed E-state index contributed by atoms with van der Waals surface area (Å²) in [7, 11) is 0. The van der Waals surface area contributed by atoms with Crippen LogP contribution < -0.4 is 0 Å². The molecule has 0 unspecified atom stereocenters. The lowest BCUT2D eigenvalue weighted by Crippen LogP contribution is -1.88. The van der Waals surface area contributed by atoms with Crippen molar-refractivity contribution in [1.29, 1.82) is 0 Å². The fraction of sp³-hybridized carbons (Fsp3) is 0.786. The molecule has 0 saturated heterocycles. The van der Waals surface area contributed by atoms with Crippen LogP contribution in [0.4, 0.5) is 0 Å². The van der Waals surface area contributed by atoms with E-state index in [1.165, 1.54) is 0 Å². The molecule has 0 amide bonds. The smallest absolute Gasteiger partial charge is 0.132 e. The highest BCUT2D eigenvalue weighted by atomic mass is 16.1. The quantitative estimate of drug-likeness (QED) is 0.740. The van der Waals surface area contributed by atoms with Crippen molar-refractivity contribution in [1.82, 2.24) is 0 Å². The van der Waals surface area contributed by atoms with Crippen molar-refractivity contribution in [2.24, 2.45) is 0 Å². The van der Waals surface area contributed by atoms with Gasteiger partial charge >= 0.3 is 0 Å². The Balaban J connectivity index is -0.000000174. The number of Topliss-reactive ketones (excluding diaryl/α,β-unsaturated/α-hetero) is 3. The van der Waals surface area contributed by atoms with Gasteiger partial charge in [0, 0.05) is 25.7 Å². The minimum atomic E-state index is 0.255. The Bertz CT molecular complexity index is 202. The van der Waals surface area contributed by atoms with Crippen molar-refractivity contribution < 1.29 is 14.4 Å². The lowest BCUT2D eigenvalue weighted by atomic mass is 10.3. The Morgan fingerprint density at radius 2 is 1.06 bits per heavy atom. The zero-order valence-corrected chi connectivity index (χ0v) is 12.3. The van der Waals surface area contributed by atoms with Gasteiger partial charge in [-0.1, -0.05) is 27.7 Å². The van der Waals surface area contributed by atoms with Crippen LogP contribution in [-0.4, -0.2) is 17.3 Å². The summed E-state index contributed by atoms with van der Waals surface area (Å²) in [5, 5.41) is 0. The average molecular weight is 244 g/mol. The fourth-order valence-corrected chi connectivity index (χ4v) is 0.602. The molecule has 0 spiro atoms. The van der Waals surface area contributed by atoms with E-state index in [1.807, 2.05) is 27.7 Å². The molecule has 0 aliphatic heterocycles. The van der Waals surface area contributed by atoms with E-state index < -0.39 is 0 Å². The molecule has 0 atom stereocenters. The van der Waals surface area contributed by atoms with Crippen LogP contribution in [0.15, 0.2) is 0 Å². The maximum Gasteiger partial charge on any atom is 0.132 e. The average Bonchev–Trinajstić information content (AvgIpc) is 2.29. The van der Waals surface area contributed by atoms with Crippen molar-refractivity contribution in [3.63, 3.8) is 0 Å². The van der Waals surface area contributed by atoms with Gasteiger partial charge < -0.3 is 9.59 Å². The van der Waals surface area contributed by atoms with Gasteiger partial charge in [0.05, 0.1) is 0 Å². The number of hydrogen-bond donors (Lipinski definition) is 0. The van der Waals surface area contributed by atoms with Crippen LogP contribution >= 0.6 is 0 Å². The molecule has 0 radical (unpaired) electrons. The normalized spacial score (nSPS) is 8.12. The van der Waals surface area contributed by atoms with Gasteiger partial charge in [0.1, 0.15) is 17.3 Å². The predicted octanol–water partition coefficient (Wildman–Crippen LogP) is 3.74. The monoisotopic (exact) mass is 244 g/mol. The summed E-state index contributed by atoms with van der Waals surface area (Å²) in [5.74, 6) is 0.887. The second-order valence-corrected chi connectivity index (χ2v) is 3.75. The lowest BCUT2D eigenvalue weighted by Gasteiger charge is -1.81. The molecule has 0 aliphatic carbocycles. The zero-order valence-electron chi connectivity index (χ0n) is 12.3. The largest absolute Gasteiger partial charge is 0.300 e. The molecule has 102 valence electrons. The molecule has 0 bridgehead atoms. The summed E-state index contributed by atoms with van der Waals surface area (Å²) in [6.45, 7) is 10.8. The third-order valence-corrected chi connectivity index (χ3v) is 1.89. The zero-order chi connectivity index (χ0) is 14.3. The van der Waals surface area contributed by atoms with E-state index in [-0.39, 0.29) is 11.6 Å². The highest BCUT2D eigenvalue weighted by molar-refractivity contribution is 5.77. The van der Waals surface area contributed by atoms with E-state index >= 15 is 0 Å². The summed E-state index contributed by atoms with van der Waals surface area (Å²) in [4.78, 5) is 30.0. The summed E-state index contributed by atoms with van der Waals surface area (Å²) < 4.78 is 0. The van der Waals surface area contributed by atoms with E-state index in [0.717, 1.165) is 12.8 Å². The fourth-order valence-electron chi connectivity index (χ4n) is 0.602. The number of ketones is 3. The maximum atomic E-state index is 10.2. The summed E-state index contributed by atoms with van der Waals surface area (Å²) >= 11 is 0. The van der Waals surface area contributed by atoms with Crippen LogP contribution in [0.1, 0.15) is 73.6 Å². The second kappa shape index (κ2) is 17.4. The Labute approximate surface area is 106 Å². The van der Waals surface area contributed by atoms with Crippen LogP contribution in [0.5, 0.6) is 0 Å². The third kappa shape index (κ3) is 39.6. The molecule has 0 saturated carbocycles. The summed E-state index contributed by atoms with van der Waals surface area (Å²) in [6.07, 6.45) is 3.77. The van der Waals surface area contributed by atoms with Crippen molar-refractivity contribution >= 4 is 17.3 Å². The lowest BCUT2D eigenvalue weighted by molar-refractivity contribution is -0.118. The first-order chi connectivity index (χ1) is 7.85. The highest BCUT2D eigenvalue weighted by Crippen LogP contribution is 1.84. The van der Waals surface area contributed by atoms with Gasteiger partial charge in [-0.2, -0.15) is 0 Å². The van der Waals surface area contributed by atoms with Gasteiger partial charge in [0.2, 0.25) is 0 Å². The van der Waals surface area contributed by atoms with E-state index in [0.29, 0.717) is 25.0 Å². The van der Waals surface area contributed by atoms with Crippen LogP contribution in [0, 0.1) is 0 Å². The minimum Gasteiger partial charge on any atom is -0.300 e. The topological polar surface area (TPSA) is 51.2 Å². The van der Waals surface area contributed by atoms with Gasteiger partial charge in [-0.3, -0.25) is 4.79 Å². The molecule has 0 heterocycles. The first-order valence-electron chi connectivity index (χ1n) is 6.36. The second-order valence-electron chi connectivity index (χ2n) is 3.75. The predicted molar refractivity (Wildman–Crippen MR) is 72.2 cm³/mol. The molecule has 0 aromatic heterocycles. The maximum absolute atomic E-state index is 10.2. The van der Waals surface area contributed by atoms with Crippen LogP contribution in [0.25, 0.3) is 0 Å². The molecule has 0 N–H and O–H groups in total. The summed E-state index contributed by atoms with van der Waals surface area (Å²) in [5.41, 5.74) is 0. The first kappa shape index (κ1) is 21.3. The number of carbonyl (C=O) groups excluding carboxylic acids is 3. The molecule has 17 heavy (non-hydrogen) atoms. The Morgan fingerprint density at radius 1 is 0.706 bits per heavy atom. The van der Waals surface area contributed by atoms with E-state index in [4.69, 9.17) is 0 Å². The van der Waals surface area contributed by atoms with Gasteiger partial charge in [-0.05, 0) is 20.3 Å². The van der Waals surface area contributed by atoms with Crippen LogP contribution in [0.2, 0.25) is 0 Å². The third-order valence-electron chi connectivity index (χ3n) is 1.89. The van der Waals surface area contributed by atoms with E-state index in [2.05, 4.69) is 0 Å². The van der Waals surface area contributed by atoms with Gasteiger partial charge in [-0.25, -0.2) is 0 Å².